The molecule has 0 radical (unpaired) electrons. The van der Waals surface area contributed by atoms with E-state index >= 15 is 0 Å². The van der Waals surface area contributed by atoms with Gasteiger partial charge in [-0.2, -0.15) is 5.10 Å². The van der Waals surface area contributed by atoms with E-state index in [-0.39, 0.29) is 5.78 Å². The fourth-order valence-corrected chi connectivity index (χ4v) is 2.88. The third kappa shape index (κ3) is 3.56. The van der Waals surface area contributed by atoms with Gasteiger partial charge in [-0.05, 0) is 49.2 Å². The number of fused-ring (bicyclic) bond motifs is 1. The molecule has 0 bridgehead atoms. The summed E-state index contributed by atoms with van der Waals surface area (Å²) in [6.07, 6.45) is 0. The SMILES string of the molecule is COc1ccc(-c2ccc3c(C(C)=O)nn(CC(C)(C)O)c3c2)cc1. The molecule has 25 heavy (non-hydrogen) atoms. The number of benzene rings is 2. The van der Waals surface area contributed by atoms with Crippen LogP contribution in [0.25, 0.3) is 22.0 Å². The Morgan fingerprint density at radius 2 is 1.80 bits per heavy atom. The second-order valence-corrected chi connectivity index (χ2v) is 6.84. The highest BCUT2D eigenvalue weighted by atomic mass is 16.5. The van der Waals surface area contributed by atoms with Crippen molar-refractivity contribution in [1.29, 1.82) is 0 Å². The molecule has 1 aromatic heterocycles. The summed E-state index contributed by atoms with van der Waals surface area (Å²) in [4.78, 5) is 11.9. The third-order valence-electron chi connectivity index (χ3n) is 4.05. The van der Waals surface area contributed by atoms with Crippen molar-refractivity contribution in [3.05, 3.63) is 48.2 Å². The number of Topliss-reactive ketones (excluding diaryl/α,β-unsaturated/α-hetero) is 1. The van der Waals surface area contributed by atoms with Gasteiger partial charge in [0.05, 0.1) is 24.8 Å². The van der Waals surface area contributed by atoms with E-state index in [1.807, 2.05) is 42.5 Å². The number of hydrogen-bond donors (Lipinski definition) is 1. The molecule has 0 spiro atoms. The van der Waals surface area contributed by atoms with Gasteiger partial charge in [0.15, 0.2) is 5.78 Å². The lowest BCUT2D eigenvalue weighted by Crippen LogP contribution is -2.26. The lowest BCUT2D eigenvalue weighted by molar-refractivity contribution is 0.0588. The van der Waals surface area contributed by atoms with Gasteiger partial charge in [-0.3, -0.25) is 9.48 Å². The van der Waals surface area contributed by atoms with Crippen molar-refractivity contribution in [3.8, 4) is 16.9 Å². The van der Waals surface area contributed by atoms with E-state index < -0.39 is 5.60 Å². The zero-order chi connectivity index (χ0) is 18.2. The molecule has 0 aliphatic carbocycles. The molecule has 1 heterocycles. The van der Waals surface area contributed by atoms with Gasteiger partial charge < -0.3 is 9.84 Å². The van der Waals surface area contributed by atoms with Gasteiger partial charge in [0.25, 0.3) is 0 Å². The molecular formula is C20H22N2O3. The summed E-state index contributed by atoms with van der Waals surface area (Å²) in [7, 11) is 1.64. The first-order chi connectivity index (χ1) is 11.8. The molecule has 0 fully saturated rings. The number of nitrogens with zero attached hydrogens (tertiary/aromatic N) is 2. The van der Waals surface area contributed by atoms with Gasteiger partial charge in [0.1, 0.15) is 11.4 Å². The highest BCUT2D eigenvalue weighted by molar-refractivity contribution is 6.05. The van der Waals surface area contributed by atoms with Gasteiger partial charge in [-0.25, -0.2) is 0 Å². The molecule has 0 atom stereocenters. The fourth-order valence-electron chi connectivity index (χ4n) is 2.88. The summed E-state index contributed by atoms with van der Waals surface area (Å²) in [5, 5.41) is 15.4. The van der Waals surface area contributed by atoms with Crippen LogP contribution in [0.15, 0.2) is 42.5 Å². The number of aliphatic hydroxyl groups is 1. The van der Waals surface area contributed by atoms with Crippen molar-refractivity contribution in [2.24, 2.45) is 0 Å². The Morgan fingerprint density at radius 1 is 1.16 bits per heavy atom. The predicted molar refractivity (Wildman–Crippen MR) is 98.0 cm³/mol. The molecule has 1 N–H and O–H groups in total. The van der Waals surface area contributed by atoms with Gasteiger partial charge >= 0.3 is 0 Å². The standard InChI is InChI=1S/C20H22N2O3/c1-13(23)19-17-10-7-15(14-5-8-16(25-4)9-6-14)11-18(17)22(21-19)12-20(2,3)24/h5-11,24H,12H2,1-4H3. The van der Waals surface area contributed by atoms with Gasteiger partial charge in [0.2, 0.25) is 0 Å². The number of methoxy groups -OCH3 is 1. The number of aromatic nitrogens is 2. The molecular weight excluding hydrogens is 316 g/mol. The van der Waals surface area contributed by atoms with E-state index in [1.54, 1.807) is 25.6 Å². The predicted octanol–water partition coefficient (Wildman–Crippen LogP) is 3.69. The van der Waals surface area contributed by atoms with E-state index in [9.17, 15) is 9.90 Å². The molecule has 0 aliphatic heterocycles. The van der Waals surface area contributed by atoms with Crippen molar-refractivity contribution in [2.75, 3.05) is 7.11 Å². The minimum atomic E-state index is -0.927. The Kier molecular flexibility index (Phi) is 4.35. The van der Waals surface area contributed by atoms with Gasteiger partial charge in [0, 0.05) is 12.3 Å². The van der Waals surface area contributed by atoms with E-state index in [0.29, 0.717) is 12.2 Å². The Hall–Kier alpha value is -2.66. The minimum absolute atomic E-state index is 0.0864. The summed E-state index contributed by atoms with van der Waals surface area (Å²) >= 11 is 0. The summed E-state index contributed by atoms with van der Waals surface area (Å²) in [6.45, 7) is 5.26. The fraction of sp³-hybridized carbons (Fsp3) is 0.300. The highest BCUT2D eigenvalue weighted by Crippen LogP contribution is 2.28. The number of carbonyl (C=O) groups is 1. The van der Waals surface area contributed by atoms with Crippen LogP contribution in [0, 0.1) is 0 Å². The Morgan fingerprint density at radius 3 is 2.36 bits per heavy atom. The maximum atomic E-state index is 11.9. The number of rotatable bonds is 5. The number of hydrogen-bond acceptors (Lipinski definition) is 4. The lowest BCUT2D eigenvalue weighted by atomic mass is 10.0. The van der Waals surface area contributed by atoms with Crippen LogP contribution in [0.1, 0.15) is 31.3 Å². The first kappa shape index (κ1) is 17.2. The normalized spacial score (nSPS) is 11.7. The van der Waals surface area contributed by atoms with E-state index in [1.165, 1.54) is 6.92 Å². The summed E-state index contributed by atoms with van der Waals surface area (Å²) in [6, 6.07) is 13.7. The number of ketones is 1. The Balaban J connectivity index is 2.14. The smallest absolute Gasteiger partial charge is 0.180 e. The molecule has 0 amide bonds. The third-order valence-corrected chi connectivity index (χ3v) is 4.05. The van der Waals surface area contributed by atoms with Crippen LogP contribution in [-0.2, 0) is 6.54 Å². The molecule has 2 aromatic carbocycles. The molecule has 5 heteroatoms. The van der Waals surface area contributed by atoms with Crippen LogP contribution in [-0.4, -0.2) is 33.4 Å². The summed E-state index contributed by atoms with van der Waals surface area (Å²) in [5.41, 5.74) is 2.40. The van der Waals surface area contributed by atoms with Crippen LogP contribution in [0.3, 0.4) is 0 Å². The van der Waals surface area contributed by atoms with Crippen molar-refractivity contribution in [1.82, 2.24) is 9.78 Å². The number of carbonyl (C=O) groups excluding carboxylic acids is 1. The van der Waals surface area contributed by atoms with Crippen LogP contribution in [0.2, 0.25) is 0 Å². The zero-order valence-electron chi connectivity index (χ0n) is 14.9. The summed E-state index contributed by atoms with van der Waals surface area (Å²) < 4.78 is 6.91. The average Bonchev–Trinajstić information content (AvgIpc) is 2.91. The molecule has 3 aromatic rings. The van der Waals surface area contributed by atoms with Crippen LogP contribution < -0.4 is 4.74 Å². The molecule has 5 nitrogen and oxygen atoms in total. The minimum Gasteiger partial charge on any atom is -0.497 e. The van der Waals surface area contributed by atoms with Gasteiger partial charge in [-0.1, -0.05) is 18.2 Å². The van der Waals surface area contributed by atoms with Crippen LogP contribution in [0.5, 0.6) is 5.75 Å². The molecule has 3 rings (SSSR count). The second kappa shape index (κ2) is 6.33. The molecule has 0 saturated carbocycles. The first-order valence-corrected chi connectivity index (χ1v) is 8.17. The average molecular weight is 338 g/mol. The lowest BCUT2D eigenvalue weighted by Gasteiger charge is -2.17. The summed E-state index contributed by atoms with van der Waals surface area (Å²) in [5.74, 6) is 0.715. The van der Waals surface area contributed by atoms with E-state index in [2.05, 4.69) is 5.10 Å². The highest BCUT2D eigenvalue weighted by Gasteiger charge is 2.20. The Bertz CT molecular complexity index is 919. The quantitative estimate of drug-likeness (QED) is 0.721. The molecule has 0 saturated heterocycles. The van der Waals surface area contributed by atoms with Crippen molar-refractivity contribution >= 4 is 16.7 Å². The maximum absolute atomic E-state index is 11.9. The topological polar surface area (TPSA) is 64.3 Å². The molecule has 0 unspecified atom stereocenters. The second-order valence-electron chi connectivity index (χ2n) is 6.84. The van der Waals surface area contributed by atoms with Crippen LogP contribution >= 0.6 is 0 Å². The number of ether oxygens (including phenoxy) is 1. The van der Waals surface area contributed by atoms with E-state index in [0.717, 1.165) is 27.8 Å². The first-order valence-electron chi connectivity index (χ1n) is 8.17. The largest absolute Gasteiger partial charge is 0.497 e. The molecule has 0 aliphatic rings. The Labute approximate surface area is 146 Å². The van der Waals surface area contributed by atoms with Gasteiger partial charge in [-0.15, -0.1) is 0 Å². The van der Waals surface area contributed by atoms with Crippen molar-refractivity contribution < 1.29 is 14.6 Å². The van der Waals surface area contributed by atoms with Crippen LogP contribution in [0.4, 0.5) is 0 Å². The maximum Gasteiger partial charge on any atom is 0.180 e. The molecule has 130 valence electrons. The van der Waals surface area contributed by atoms with Crippen molar-refractivity contribution in [2.45, 2.75) is 32.9 Å². The zero-order valence-corrected chi connectivity index (χ0v) is 14.9. The van der Waals surface area contributed by atoms with Crippen molar-refractivity contribution in [3.63, 3.8) is 0 Å². The monoisotopic (exact) mass is 338 g/mol. The van der Waals surface area contributed by atoms with E-state index in [4.69, 9.17) is 4.74 Å².